The fourth-order valence-electron chi connectivity index (χ4n) is 1.96. The van der Waals surface area contributed by atoms with Crippen molar-refractivity contribution in [2.24, 2.45) is 0 Å². The molecule has 0 fully saturated rings. The topological polar surface area (TPSA) is 54.0 Å². The summed E-state index contributed by atoms with van der Waals surface area (Å²) < 4.78 is 13.5. The fourth-order valence-corrected chi connectivity index (χ4v) is 1.96. The van der Waals surface area contributed by atoms with E-state index < -0.39 is 0 Å². The summed E-state index contributed by atoms with van der Waals surface area (Å²) in [6.07, 6.45) is 2.15. The predicted molar refractivity (Wildman–Crippen MR) is 80.8 cm³/mol. The maximum Gasteiger partial charge on any atom is 0.269 e. The lowest BCUT2D eigenvalue weighted by Gasteiger charge is -2.08. The number of carbonyl (C=O) groups excluding carboxylic acids is 1. The van der Waals surface area contributed by atoms with E-state index in [0.29, 0.717) is 30.8 Å². The van der Waals surface area contributed by atoms with Gasteiger partial charge in [0.25, 0.3) is 5.91 Å². The summed E-state index contributed by atoms with van der Waals surface area (Å²) in [4.78, 5) is 15.7. The molecule has 5 heteroatoms. The van der Waals surface area contributed by atoms with Crippen LogP contribution >= 0.6 is 0 Å². The Hall–Kier alpha value is -2.43. The number of hydrogen-bond donors (Lipinski definition) is 2. The molecule has 2 N–H and O–H groups in total. The second kappa shape index (κ2) is 7.38. The van der Waals surface area contributed by atoms with Crippen molar-refractivity contribution < 1.29 is 9.18 Å². The van der Waals surface area contributed by atoms with Crippen molar-refractivity contribution in [3.8, 4) is 0 Å². The maximum atomic E-state index is 13.5. The fraction of sp³-hybridized carbons (Fsp3) is 0.250. The molecule has 2 aromatic rings. The van der Waals surface area contributed by atoms with E-state index in [1.54, 1.807) is 30.5 Å². The zero-order valence-corrected chi connectivity index (χ0v) is 11.9. The molecule has 1 aromatic carbocycles. The lowest BCUT2D eigenvalue weighted by Crippen LogP contribution is -2.23. The number of aromatic nitrogens is 1. The number of pyridine rings is 1. The molecule has 1 heterocycles. The summed E-state index contributed by atoms with van der Waals surface area (Å²) in [6.45, 7) is 3.00. The van der Waals surface area contributed by atoms with E-state index in [-0.39, 0.29) is 11.7 Å². The van der Waals surface area contributed by atoms with Crippen LogP contribution in [0.1, 0.15) is 23.0 Å². The SMILES string of the molecule is CCNC(=O)c1cc(NCCc2ccccc2F)ccn1. The summed E-state index contributed by atoms with van der Waals surface area (Å²) >= 11 is 0. The van der Waals surface area contributed by atoms with Crippen molar-refractivity contribution >= 4 is 11.6 Å². The third-order valence-corrected chi connectivity index (χ3v) is 3.01. The van der Waals surface area contributed by atoms with E-state index in [1.165, 1.54) is 6.07 Å². The normalized spacial score (nSPS) is 10.2. The van der Waals surface area contributed by atoms with E-state index in [4.69, 9.17) is 0 Å². The zero-order valence-electron chi connectivity index (χ0n) is 11.9. The van der Waals surface area contributed by atoms with Gasteiger partial charge in [-0.1, -0.05) is 18.2 Å². The number of benzene rings is 1. The molecule has 1 amide bonds. The first-order valence-corrected chi connectivity index (χ1v) is 6.92. The second-order valence-electron chi connectivity index (χ2n) is 4.56. The summed E-state index contributed by atoms with van der Waals surface area (Å²) in [7, 11) is 0. The standard InChI is InChI=1S/C16H18FN3O/c1-2-18-16(21)15-11-13(8-10-20-15)19-9-7-12-5-3-4-6-14(12)17/h3-6,8,10-11H,2,7,9H2,1H3,(H,18,21)(H,19,20). The first-order valence-electron chi connectivity index (χ1n) is 6.92. The molecule has 0 aliphatic carbocycles. The number of amides is 1. The minimum Gasteiger partial charge on any atom is -0.385 e. The minimum absolute atomic E-state index is 0.197. The highest BCUT2D eigenvalue weighted by Crippen LogP contribution is 2.10. The van der Waals surface area contributed by atoms with Crippen LogP contribution in [0.2, 0.25) is 0 Å². The molecule has 0 bridgehead atoms. The lowest BCUT2D eigenvalue weighted by atomic mass is 10.1. The summed E-state index contributed by atoms with van der Waals surface area (Å²) in [5.74, 6) is -0.396. The Morgan fingerprint density at radius 2 is 2.10 bits per heavy atom. The quantitative estimate of drug-likeness (QED) is 0.858. The van der Waals surface area contributed by atoms with E-state index in [9.17, 15) is 9.18 Å². The van der Waals surface area contributed by atoms with Gasteiger partial charge in [0.1, 0.15) is 11.5 Å². The first-order chi connectivity index (χ1) is 10.2. The number of nitrogens with zero attached hydrogens (tertiary/aromatic N) is 1. The molecule has 21 heavy (non-hydrogen) atoms. The molecule has 4 nitrogen and oxygen atoms in total. The number of rotatable bonds is 6. The average molecular weight is 287 g/mol. The number of carbonyl (C=O) groups is 1. The van der Waals surface area contributed by atoms with Gasteiger partial charge < -0.3 is 10.6 Å². The smallest absolute Gasteiger partial charge is 0.269 e. The average Bonchev–Trinajstić information content (AvgIpc) is 2.50. The third-order valence-electron chi connectivity index (χ3n) is 3.01. The van der Waals surface area contributed by atoms with Crippen molar-refractivity contribution in [3.63, 3.8) is 0 Å². The zero-order chi connectivity index (χ0) is 15.1. The largest absolute Gasteiger partial charge is 0.385 e. The second-order valence-corrected chi connectivity index (χ2v) is 4.56. The number of anilines is 1. The van der Waals surface area contributed by atoms with Gasteiger partial charge in [-0.25, -0.2) is 4.39 Å². The summed E-state index contributed by atoms with van der Waals surface area (Å²) in [5, 5.41) is 5.87. The van der Waals surface area contributed by atoms with Crippen LogP contribution in [0.3, 0.4) is 0 Å². The van der Waals surface area contributed by atoms with Crippen LogP contribution in [0.15, 0.2) is 42.6 Å². The molecular weight excluding hydrogens is 269 g/mol. The lowest BCUT2D eigenvalue weighted by molar-refractivity contribution is 0.0951. The molecule has 110 valence electrons. The van der Waals surface area contributed by atoms with E-state index >= 15 is 0 Å². The van der Waals surface area contributed by atoms with Gasteiger partial charge in [0.05, 0.1) is 0 Å². The van der Waals surface area contributed by atoms with Crippen molar-refractivity contribution in [3.05, 3.63) is 59.7 Å². The van der Waals surface area contributed by atoms with Crippen LogP contribution in [0.5, 0.6) is 0 Å². The van der Waals surface area contributed by atoms with Crippen LogP contribution < -0.4 is 10.6 Å². The molecule has 0 atom stereocenters. The molecule has 0 spiro atoms. The van der Waals surface area contributed by atoms with Crippen LogP contribution in [0, 0.1) is 5.82 Å². The number of halogens is 1. The van der Waals surface area contributed by atoms with E-state index in [1.807, 2.05) is 13.0 Å². The Balaban J connectivity index is 1.93. The summed E-state index contributed by atoms with van der Waals surface area (Å²) in [5.41, 5.74) is 1.83. The van der Waals surface area contributed by atoms with Gasteiger partial charge in [-0.05, 0) is 37.1 Å². The van der Waals surface area contributed by atoms with Gasteiger partial charge in [-0.3, -0.25) is 9.78 Å². The van der Waals surface area contributed by atoms with Crippen LogP contribution in [-0.2, 0) is 6.42 Å². The molecule has 2 rings (SSSR count). The van der Waals surface area contributed by atoms with E-state index in [2.05, 4.69) is 15.6 Å². The van der Waals surface area contributed by atoms with Crippen molar-refractivity contribution in [2.75, 3.05) is 18.4 Å². The Morgan fingerprint density at radius 1 is 1.29 bits per heavy atom. The predicted octanol–water partition coefficient (Wildman–Crippen LogP) is 2.63. The molecule has 0 unspecified atom stereocenters. The van der Waals surface area contributed by atoms with Crippen molar-refractivity contribution in [1.29, 1.82) is 0 Å². The highest BCUT2D eigenvalue weighted by Gasteiger charge is 2.06. The molecule has 0 saturated carbocycles. The summed E-state index contributed by atoms with van der Waals surface area (Å²) in [6, 6.07) is 10.2. The van der Waals surface area contributed by atoms with E-state index in [0.717, 1.165) is 5.69 Å². The molecule has 0 aliphatic rings. The molecular formula is C16H18FN3O. The molecule has 0 aliphatic heterocycles. The van der Waals surface area contributed by atoms with Gasteiger partial charge in [0.2, 0.25) is 0 Å². The van der Waals surface area contributed by atoms with Gasteiger partial charge in [-0.15, -0.1) is 0 Å². The Morgan fingerprint density at radius 3 is 2.86 bits per heavy atom. The molecule has 1 aromatic heterocycles. The van der Waals surface area contributed by atoms with Crippen LogP contribution in [0.25, 0.3) is 0 Å². The van der Waals surface area contributed by atoms with Gasteiger partial charge in [-0.2, -0.15) is 0 Å². The number of nitrogens with one attached hydrogen (secondary N) is 2. The van der Waals surface area contributed by atoms with Crippen molar-refractivity contribution in [1.82, 2.24) is 10.3 Å². The van der Waals surface area contributed by atoms with Gasteiger partial charge in [0.15, 0.2) is 0 Å². The highest BCUT2D eigenvalue weighted by molar-refractivity contribution is 5.93. The maximum absolute atomic E-state index is 13.5. The first kappa shape index (κ1) is 15.0. The highest BCUT2D eigenvalue weighted by atomic mass is 19.1. The van der Waals surface area contributed by atoms with Gasteiger partial charge >= 0.3 is 0 Å². The Bertz CT molecular complexity index is 616. The number of hydrogen-bond acceptors (Lipinski definition) is 3. The monoisotopic (exact) mass is 287 g/mol. The van der Waals surface area contributed by atoms with Crippen LogP contribution in [-0.4, -0.2) is 24.0 Å². The van der Waals surface area contributed by atoms with Crippen LogP contribution in [0.4, 0.5) is 10.1 Å². The minimum atomic E-state index is -0.199. The molecule has 0 saturated heterocycles. The Labute approximate surface area is 123 Å². The molecule has 0 radical (unpaired) electrons. The van der Waals surface area contributed by atoms with Crippen molar-refractivity contribution in [2.45, 2.75) is 13.3 Å². The third kappa shape index (κ3) is 4.27. The van der Waals surface area contributed by atoms with Gasteiger partial charge in [0, 0.05) is 25.0 Å². The Kier molecular flexibility index (Phi) is 5.26.